The minimum absolute atomic E-state index is 0.656. The van der Waals surface area contributed by atoms with Crippen molar-refractivity contribution in [3.63, 3.8) is 0 Å². The maximum Gasteiger partial charge on any atom is 0.183 e. The summed E-state index contributed by atoms with van der Waals surface area (Å²) >= 11 is 1.70. The Morgan fingerprint density at radius 2 is 2.16 bits per heavy atom. The fraction of sp³-hybridized carbons (Fsp3) is 0.267. The van der Waals surface area contributed by atoms with E-state index in [1.54, 1.807) is 11.3 Å². The summed E-state index contributed by atoms with van der Waals surface area (Å²) in [4.78, 5) is 8.16. The number of aromatic amines is 1. The van der Waals surface area contributed by atoms with Gasteiger partial charge in [-0.2, -0.15) is 0 Å². The predicted octanol–water partition coefficient (Wildman–Crippen LogP) is 4.17. The Bertz CT molecular complexity index is 737. The summed E-state index contributed by atoms with van der Waals surface area (Å²) in [5, 5.41) is 7.91. The molecular formula is C15H15N3S. The van der Waals surface area contributed by atoms with Crippen molar-refractivity contribution in [2.75, 3.05) is 5.32 Å². The Morgan fingerprint density at radius 1 is 1.32 bits per heavy atom. The molecule has 0 aliphatic heterocycles. The van der Waals surface area contributed by atoms with Crippen molar-refractivity contribution in [3.05, 3.63) is 35.3 Å². The standard InChI is InChI=1S/C15H15N3S/c1-9-14(11-4-2-3-5-12(11)16-9)13-8-19-15(18-13)17-10-6-7-10/h2-5,8,10,16H,6-7H2,1H3,(H,17,18). The monoisotopic (exact) mass is 269 g/mol. The third-order valence-corrected chi connectivity index (χ3v) is 4.33. The van der Waals surface area contributed by atoms with Crippen LogP contribution < -0.4 is 5.32 Å². The Labute approximate surface area is 115 Å². The zero-order chi connectivity index (χ0) is 12.8. The molecule has 2 heterocycles. The molecule has 4 heteroatoms. The molecule has 19 heavy (non-hydrogen) atoms. The minimum atomic E-state index is 0.656. The number of thiazole rings is 1. The third kappa shape index (κ3) is 1.92. The van der Waals surface area contributed by atoms with Crippen molar-refractivity contribution in [2.24, 2.45) is 0 Å². The summed E-state index contributed by atoms with van der Waals surface area (Å²) in [6, 6.07) is 9.06. The first kappa shape index (κ1) is 11.1. The topological polar surface area (TPSA) is 40.7 Å². The molecule has 1 fully saturated rings. The van der Waals surface area contributed by atoms with E-state index in [1.807, 2.05) is 0 Å². The lowest BCUT2D eigenvalue weighted by Gasteiger charge is -1.98. The number of rotatable bonds is 3. The molecule has 1 aliphatic rings. The number of benzene rings is 1. The second-order valence-corrected chi connectivity index (χ2v) is 5.99. The summed E-state index contributed by atoms with van der Waals surface area (Å²) in [5.74, 6) is 0. The maximum absolute atomic E-state index is 4.73. The van der Waals surface area contributed by atoms with Crippen LogP contribution in [0.25, 0.3) is 22.2 Å². The lowest BCUT2D eigenvalue weighted by molar-refractivity contribution is 1.14. The van der Waals surface area contributed by atoms with E-state index >= 15 is 0 Å². The molecule has 3 nitrogen and oxygen atoms in total. The molecule has 2 aromatic heterocycles. The summed E-state index contributed by atoms with van der Waals surface area (Å²) < 4.78 is 0. The number of nitrogens with one attached hydrogen (secondary N) is 2. The maximum atomic E-state index is 4.73. The molecule has 0 atom stereocenters. The van der Waals surface area contributed by atoms with Gasteiger partial charge in [0, 0.05) is 33.6 Å². The van der Waals surface area contributed by atoms with Crippen molar-refractivity contribution in [1.82, 2.24) is 9.97 Å². The van der Waals surface area contributed by atoms with Crippen LogP contribution in [-0.4, -0.2) is 16.0 Å². The van der Waals surface area contributed by atoms with Gasteiger partial charge in [-0.25, -0.2) is 4.98 Å². The van der Waals surface area contributed by atoms with Crippen LogP contribution >= 0.6 is 11.3 Å². The first-order valence-corrected chi connectivity index (χ1v) is 7.49. The normalized spacial score (nSPS) is 15.0. The van der Waals surface area contributed by atoms with Gasteiger partial charge in [-0.05, 0) is 25.8 Å². The number of para-hydroxylation sites is 1. The van der Waals surface area contributed by atoms with E-state index in [9.17, 15) is 0 Å². The molecule has 0 bridgehead atoms. The van der Waals surface area contributed by atoms with Crippen LogP contribution in [0.1, 0.15) is 18.5 Å². The fourth-order valence-electron chi connectivity index (χ4n) is 2.46. The minimum Gasteiger partial charge on any atom is -0.359 e. The SMILES string of the molecule is Cc1[nH]c2ccccc2c1-c1csc(NC2CC2)n1. The first-order chi connectivity index (χ1) is 9.31. The molecule has 1 aromatic carbocycles. The lowest BCUT2D eigenvalue weighted by atomic mass is 10.1. The van der Waals surface area contributed by atoms with Gasteiger partial charge in [-0.1, -0.05) is 18.2 Å². The molecule has 4 rings (SSSR count). The van der Waals surface area contributed by atoms with Gasteiger partial charge in [0.2, 0.25) is 0 Å². The van der Waals surface area contributed by atoms with E-state index in [1.165, 1.54) is 35.0 Å². The molecular weight excluding hydrogens is 254 g/mol. The molecule has 2 N–H and O–H groups in total. The molecule has 0 saturated heterocycles. The van der Waals surface area contributed by atoms with Gasteiger partial charge < -0.3 is 10.3 Å². The van der Waals surface area contributed by atoms with E-state index in [-0.39, 0.29) is 0 Å². The molecule has 1 aliphatic carbocycles. The van der Waals surface area contributed by atoms with E-state index in [0.717, 1.165) is 10.8 Å². The van der Waals surface area contributed by atoms with Gasteiger partial charge in [-0.3, -0.25) is 0 Å². The Morgan fingerprint density at radius 3 is 3.00 bits per heavy atom. The Balaban J connectivity index is 1.80. The van der Waals surface area contributed by atoms with E-state index in [0.29, 0.717) is 6.04 Å². The molecule has 3 aromatic rings. The first-order valence-electron chi connectivity index (χ1n) is 6.61. The number of hydrogen-bond donors (Lipinski definition) is 2. The average Bonchev–Trinajstić information content (AvgIpc) is 2.98. The molecule has 0 spiro atoms. The van der Waals surface area contributed by atoms with Crippen LogP contribution in [-0.2, 0) is 0 Å². The summed E-state index contributed by atoms with van der Waals surface area (Å²) in [5.41, 5.74) is 4.67. The van der Waals surface area contributed by atoms with E-state index in [2.05, 4.69) is 46.9 Å². The number of H-pyrrole nitrogens is 1. The summed E-state index contributed by atoms with van der Waals surface area (Å²) in [6.45, 7) is 2.11. The van der Waals surface area contributed by atoms with E-state index in [4.69, 9.17) is 4.98 Å². The summed E-state index contributed by atoms with van der Waals surface area (Å²) in [6.07, 6.45) is 2.56. The highest BCUT2D eigenvalue weighted by Gasteiger charge is 2.22. The predicted molar refractivity (Wildman–Crippen MR) is 80.8 cm³/mol. The number of aromatic nitrogens is 2. The number of fused-ring (bicyclic) bond motifs is 1. The highest BCUT2D eigenvalue weighted by atomic mass is 32.1. The number of aryl methyl sites for hydroxylation is 1. The zero-order valence-corrected chi connectivity index (χ0v) is 11.6. The quantitative estimate of drug-likeness (QED) is 0.749. The molecule has 0 amide bonds. The van der Waals surface area contributed by atoms with Gasteiger partial charge in [0.1, 0.15) is 0 Å². The van der Waals surface area contributed by atoms with Crippen molar-refractivity contribution < 1.29 is 0 Å². The van der Waals surface area contributed by atoms with Crippen molar-refractivity contribution >= 4 is 27.4 Å². The van der Waals surface area contributed by atoms with Gasteiger partial charge in [0.25, 0.3) is 0 Å². The zero-order valence-electron chi connectivity index (χ0n) is 10.7. The van der Waals surface area contributed by atoms with Crippen LogP contribution in [0.4, 0.5) is 5.13 Å². The van der Waals surface area contributed by atoms with Crippen molar-refractivity contribution in [3.8, 4) is 11.3 Å². The molecule has 0 unspecified atom stereocenters. The summed E-state index contributed by atoms with van der Waals surface area (Å²) in [7, 11) is 0. The molecule has 96 valence electrons. The van der Waals surface area contributed by atoms with Crippen LogP contribution in [0.3, 0.4) is 0 Å². The fourth-order valence-corrected chi connectivity index (χ4v) is 3.24. The third-order valence-electron chi connectivity index (χ3n) is 3.56. The van der Waals surface area contributed by atoms with Crippen LogP contribution in [0.5, 0.6) is 0 Å². The highest BCUT2D eigenvalue weighted by molar-refractivity contribution is 7.14. The molecule has 0 radical (unpaired) electrons. The van der Waals surface area contributed by atoms with Gasteiger partial charge in [0.05, 0.1) is 5.69 Å². The smallest absolute Gasteiger partial charge is 0.183 e. The van der Waals surface area contributed by atoms with Gasteiger partial charge >= 0.3 is 0 Å². The van der Waals surface area contributed by atoms with Gasteiger partial charge in [-0.15, -0.1) is 11.3 Å². The van der Waals surface area contributed by atoms with Crippen LogP contribution in [0.2, 0.25) is 0 Å². The van der Waals surface area contributed by atoms with Gasteiger partial charge in [0.15, 0.2) is 5.13 Å². The van der Waals surface area contributed by atoms with Crippen LogP contribution in [0.15, 0.2) is 29.6 Å². The molecule has 1 saturated carbocycles. The second-order valence-electron chi connectivity index (χ2n) is 5.13. The number of hydrogen-bond acceptors (Lipinski definition) is 3. The van der Waals surface area contributed by atoms with Crippen molar-refractivity contribution in [1.29, 1.82) is 0 Å². The lowest BCUT2D eigenvalue weighted by Crippen LogP contribution is -1.99. The second kappa shape index (κ2) is 4.10. The Hall–Kier alpha value is -1.81. The average molecular weight is 269 g/mol. The largest absolute Gasteiger partial charge is 0.359 e. The highest BCUT2D eigenvalue weighted by Crippen LogP contribution is 2.35. The number of nitrogens with zero attached hydrogens (tertiary/aromatic N) is 1. The van der Waals surface area contributed by atoms with E-state index < -0.39 is 0 Å². The Kier molecular flexibility index (Phi) is 2.38. The number of anilines is 1. The van der Waals surface area contributed by atoms with Crippen LogP contribution in [0, 0.1) is 6.92 Å². The van der Waals surface area contributed by atoms with Crippen molar-refractivity contribution in [2.45, 2.75) is 25.8 Å².